The molecule has 11 heavy (non-hydrogen) atoms. The molecule has 0 unspecified atom stereocenters. The van der Waals surface area contributed by atoms with Crippen LogP contribution in [0.5, 0.6) is 5.75 Å². The normalized spacial score (nSPS) is 9.64. The monoisotopic (exact) mass is 150 g/mol. The summed E-state index contributed by atoms with van der Waals surface area (Å²) in [5, 5.41) is 0. The number of benzene rings is 1. The van der Waals surface area contributed by atoms with Crippen molar-refractivity contribution in [1.29, 1.82) is 0 Å². The number of methoxy groups -OCH3 is 2. The maximum Gasteiger partial charge on any atom is 0.165 e. The molecule has 2 nitrogen and oxygen atoms in total. The van der Waals surface area contributed by atoms with Crippen LogP contribution in [0.25, 0.3) is 0 Å². The molecule has 0 amide bonds. The zero-order valence-electron chi connectivity index (χ0n) is 6.63. The van der Waals surface area contributed by atoms with Gasteiger partial charge in [-0.25, -0.2) is 0 Å². The van der Waals surface area contributed by atoms with E-state index in [-0.39, 0.29) is 0 Å². The Labute approximate surface area is 66.8 Å². The largest absolute Gasteiger partial charge is 0.497 e. The van der Waals surface area contributed by atoms with Crippen LogP contribution in [0.1, 0.15) is 5.56 Å². The Morgan fingerprint density at radius 1 is 1.09 bits per heavy atom. The van der Waals surface area contributed by atoms with Gasteiger partial charge in [0.1, 0.15) is 5.75 Å². The van der Waals surface area contributed by atoms with Crippen LogP contribution in [0.15, 0.2) is 24.3 Å². The van der Waals surface area contributed by atoms with E-state index in [1.807, 2.05) is 24.3 Å². The van der Waals surface area contributed by atoms with E-state index in [9.17, 15) is 0 Å². The van der Waals surface area contributed by atoms with Gasteiger partial charge in [0.2, 0.25) is 0 Å². The fourth-order valence-electron chi connectivity index (χ4n) is 0.777. The fourth-order valence-corrected chi connectivity index (χ4v) is 0.777. The molecular formula is C9H10O2. The smallest absolute Gasteiger partial charge is 0.165 e. The van der Waals surface area contributed by atoms with E-state index in [2.05, 4.69) is 6.61 Å². The van der Waals surface area contributed by atoms with Gasteiger partial charge in [0, 0.05) is 7.11 Å². The van der Waals surface area contributed by atoms with Gasteiger partial charge in [-0.1, -0.05) is 12.1 Å². The summed E-state index contributed by atoms with van der Waals surface area (Å²) in [6.07, 6.45) is 0. The van der Waals surface area contributed by atoms with Gasteiger partial charge in [-0.15, -0.1) is 0 Å². The van der Waals surface area contributed by atoms with Gasteiger partial charge in [0.05, 0.1) is 7.11 Å². The second-order valence-electron chi connectivity index (χ2n) is 2.03. The maximum absolute atomic E-state index is 4.98. The van der Waals surface area contributed by atoms with Crippen LogP contribution in [-0.2, 0) is 4.74 Å². The molecule has 1 aromatic rings. The molecule has 0 N–H and O–H groups in total. The predicted molar refractivity (Wildman–Crippen MR) is 42.3 cm³/mol. The predicted octanol–water partition coefficient (Wildman–Crippen LogP) is 1.73. The van der Waals surface area contributed by atoms with E-state index < -0.39 is 0 Å². The van der Waals surface area contributed by atoms with Crippen molar-refractivity contribution in [2.75, 3.05) is 14.2 Å². The Balaban J connectivity index is 2.66. The van der Waals surface area contributed by atoms with Crippen molar-refractivity contribution < 1.29 is 9.47 Å². The Hall–Kier alpha value is -1.02. The second kappa shape index (κ2) is 3.98. The van der Waals surface area contributed by atoms with Crippen molar-refractivity contribution in [3.8, 4) is 5.75 Å². The average Bonchev–Trinajstić information content (AvgIpc) is 2.07. The molecule has 0 aliphatic rings. The molecule has 0 atom stereocenters. The van der Waals surface area contributed by atoms with Crippen LogP contribution in [-0.4, -0.2) is 14.2 Å². The summed E-state index contributed by atoms with van der Waals surface area (Å²) in [6, 6.07) is 7.48. The van der Waals surface area contributed by atoms with E-state index in [1.54, 1.807) is 14.2 Å². The van der Waals surface area contributed by atoms with E-state index in [4.69, 9.17) is 9.47 Å². The SMILES string of the molecule is CO[C]c1ccc(OC)cc1. The molecule has 0 aliphatic carbocycles. The molecule has 0 saturated heterocycles. The average molecular weight is 150 g/mol. The highest BCUT2D eigenvalue weighted by molar-refractivity contribution is 5.29. The molecule has 2 heteroatoms. The zero-order valence-corrected chi connectivity index (χ0v) is 6.63. The molecule has 2 radical (unpaired) electrons. The Morgan fingerprint density at radius 3 is 2.18 bits per heavy atom. The number of hydrogen-bond acceptors (Lipinski definition) is 2. The van der Waals surface area contributed by atoms with Gasteiger partial charge in [-0.2, -0.15) is 0 Å². The van der Waals surface area contributed by atoms with Crippen molar-refractivity contribution in [1.82, 2.24) is 0 Å². The lowest BCUT2D eigenvalue weighted by Gasteiger charge is -1.99. The van der Waals surface area contributed by atoms with E-state index in [0.717, 1.165) is 11.3 Å². The fraction of sp³-hybridized carbons (Fsp3) is 0.222. The molecule has 0 saturated carbocycles. The molecular weight excluding hydrogens is 140 g/mol. The van der Waals surface area contributed by atoms with Crippen LogP contribution in [0, 0.1) is 6.61 Å². The van der Waals surface area contributed by atoms with Crippen molar-refractivity contribution in [3.63, 3.8) is 0 Å². The minimum absolute atomic E-state index is 0.839. The van der Waals surface area contributed by atoms with E-state index in [1.165, 1.54) is 0 Å². The number of ether oxygens (including phenoxy) is 2. The summed E-state index contributed by atoms with van der Waals surface area (Å²) >= 11 is 0. The lowest BCUT2D eigenvalue weighted by Crippen LogP contribution is -1.85. The molecule has 58 valence electrons. The lowest BCUT2D eigenvalue weighted by molar-refractivity contribution is 0.292. The quantitative estimate of drug-likeness (QED) is 0.653. The molecule has 0 bridgehead atoms. The minimum Gasteiger partial charge on any atom is -0.497 e. The molecule has 1 rings (SSSR count). The lowest BCUT2D eigenvalue weighted by atomic mass is 10.2. The molecule has 0 fully saturated rings. The second-order valence-corrected chi connectivity index (χ2v) is 2.03. The zero-order chi connectivity index (χ0) is 8.10. The molecule has 0 heterocycles. The van der Waals surface area contributed by atoms with Gasteiger partial charge in [-0.3, -0.25) is 0 Å². The Kier molecular flexibility index (Phi) is 2.93. The highest BCUT2D eigenvalue weighted by Gasteiger charge is 1.93. The number of hydrogen-bond donors (Lipinski definition) is 0. The van der Waals surface area contributed by atoms with Crippen LogP contribution < -0.4 is 4.74 Å². The van der Waals surface area contributed by atoms with Crippen LogP contribution in [0.2, 0.25) is 0 Å². The first-order valence-corrected chi connectivity index (χ1v) is 3.30. The molecule has 0 aliphatic heterocycles. The summed E-state index contributed by atoms with van der Waals surface area (Å²) in [4.78, 5) is 0. The first-order chi connectivity index (χ1) is 5.36. The van der Waals surface area contributed by atoms with Crippen LogP contribution in [0.4, 0.5) is 0 Å². The first kappa shape index (κ1) is 8.08. The standard InChI is InChI=1S/C9H10O2/c1-10-7-8-3-5-9(11-2)6-4-8/h3-6H,1-2H3. The third-order valence-corrected chi connectivity index (χ3v) is 1.31. The molecule has 0 spiro atoms. The van der Waals surface area contributed by atoms with Crippen LogP contribution >= 0.6 is 0 Å². The number of rotatable bonds is 3. The van der Waals surface area contributed by atoms with E-state index in [0.29, 0.717) is 0 Å². The highest BCUT2D eigenvalue weighted by atomic mass is 16.5. The van der Waals surface area contributed by atoms with Gasteiger partial charge in [0.25, 0.3) is 0 Å². The van der Waals surface area contributed by atoms with Crippen LogP contribution in [0.3, 0.4) is 0 Å². The minimum atomic E-state index is 0.839. The Morgan fingerprint density at radius 2 is 1.73 bits per heavy atom. The van der Waals surface area contributed by atoms with Crippen molar-refractivity contribution in [2.45, 2.75) is 0 Å². The topological polar surface area (TPSA) is 18.5 Å². The van der Waals surface area contributed by atoms with Gasteiger partial charge < -0.3 is 9.47 Å². The molecule has 1 aromatic carbocycles. The van der Waals surface area contributed by atoms with E-state index >= 15 is 0 Å². The van der Waals surface area contributed by atoms with Crippen molar-refractivity contribution >= 4 is 0 Å². The van der Waals surface area contributed by atoms with Gasteiger partial charge in [-0.05, 0) is 17.7 Å². The van der Waals surface area contributed by atoms with Crippen molar-refractivity contribution in [2.24, 2.45) is 0 Å². The summed E-state index contributed by atoms with van der Waals surface area (Å²) in [7, 11) is 3.21. The third-order valence-electron chi connectivity index (χ3n) is 1.31. The maximum atomic E-state index is 4.98. The molecule has 0 aromatic heterocycles. The summed E-state index contributed by atoms with van der Waals surface area (Å²) in [6.45, 7) is 2.70. The van der Waals surface area contributed by atoms with Gasteiger partial charge in [0.15, 0.2) is 6.61 Å². The highest BCUT2D eigenvalue weighted by Crippen LogP contribution is 2.12. The summed E-state index contributed by atoms with van der Waals surface area (Å²) in [5.41, 5.74) is 0.910. The summed E-state index contributed by atoms with van der Waals surface area (Å²) < 4.78 is 9.69. The Bertz CT molecular complexity index is 203. The van der Waals surface area contributed by atoms with Crippen molar-refractivity contribution in [3.05, 3.63) is 36.4 Å². The first-order valence-electron chi connectivity index (χ1n) is 3.30. The third kappa shape index (κ3) is 2.24. The summed E-state index contributed by atoms with van der Waals surface area (Å²) in [5.74, 6) is 0.839. The van der Waals surface area contributed by atoms with Gasteiger partial charge >= 0.3 is 0 Å².